The lowest BCUT2D eigenvalue weighted by atomic mass is 10.1. The highest BCUT2D eigenvalue weighted by atomic mass is 16.2. The third kappa shape index (κ3) is 5.38. The minimum absolute atomic E-state index is 0.178. The normalized spacial score (nSPS) is 10.2. The molecule has 0 saturated heterocycles. The Hall–Kier alpha value is -3.74. The van der Waals surface area contributed by atoms with Crippen molar-refractivity contribution < 1.29 is 9.59 Å². The lowest BCUT2D eigenvalue weighted by Crippen LogP contribution is -2.15. The fourth-order valence-electron chi connectivity index (χ4n) is 2.64. The molecule has 0 spiro atoms. The van der Waals surface area contributed by atoms with Crippen molar-refractivity contribution in [2.45, 2.75) is 20.4 Å². The van der Waals surface area contributed by atoms with E-state index >= 15 is 0 Å². The number of nitrogens with one attached hydrogen (secondary N) is 3. The topological polar surface area (TPSA) is 96.0 Å². The summed E-state index contributed by atoms with van der Waals surface area (Å²) in [6, 6.07) is 18.4. The first-order chi connectivity index (χ1) is 13.5. The zero-order valence-corrected chi connectivity index (χ0v) is 15.7. The van der Waals surface area contributed by atoms with Crippen LogP contribution in [0.4, 0.5) is 17.2 Å². The first-order valence-corrected chi connectivity index (χ1v) is 8.82. The molecule has 142 valence electrons. The molecule has 0 aliphatic carbocycles. The maximum absolute atomic E-state index is 12.4. The molecule has 0 fully saturated rings. The minimum atomic E-state index is -0.377. The van der Waals surface area contributed by atoms with E-state index in [1.807, 2.05) is 25.1 Å². The van der Waals surface area contributed by atoms with Gasteiger partial charge in [0.1, 0.15) is 5.82 Å². The number of amides is 2. The Labute approximate surface area is 163 Å². The van der Waals surface area contributed by atoms with Gasteiger partial charge in [0.15, 0.2) is 5.69 Å². The molecule has 0 atom stereocenters. The third-order valence-electron chi connectivity index (χ3n) is 3.89. The second-order valence-electron chi connectivity index (χ2n) is 6.36. The fourth-order valence-corrected chi connectivity index (χ4v) is 2.64. The number of hydrogen-bond donors (Lipinski definition) is 3. The van der Waals surface area contributed by atoms with E-state index in [2.05, 4.69) is 32.2 Å². The van der Waals surface area contributed by atoms with Crippen LogP contribution in [0.1, 0.15) is 28.5 Å². The number of hydrogen-bond acceptors (Lipinski definition) is 5. The first kappa shape index (κ1) is 19.0. The molecular formula is C21H21N5O2. The summed E-state index contributed by atoms with van der Waals surface area (Å²) in [5.41, 5.74) is 3.69. The molecule has 3 aromatic rings. The third-order valence-corrected chi connectivity index (χ3v) is 3.89. The highest BCUT2D eigenvalue weighted by Gasteiger charge is 2.09. The second kappa shape index (κ2) is 8.77. The monoisotopic (exact) mass is 375 g/mol. The van der Waals surface area contributed by atoms with E-state index < -0.39 is 0 Å². The fraction of sp³-hybridized carbons (Fsp3) is 0.143. The SMILES string of the molecule is CC(=O)Nc1cccc(NC(=O)c2ccc(NCc3cccc(C)c3)nn2)c1. The Morgan fingerprint density at radius 3 is 2.32 bits per heavy atom. The molecule has 3 rings (SSSR count). The van der Waals surface area contributed by atoms with Crippen LogP contribution >= 0.6 is 0 Å². The molecule has 3 N–H and O–H groups in total. The maximum atomic E-state index is 12.4. The van der Waals surface area contributed by atoms with E-state index in [0.29, 0.717) is 23.7 Å². The van der Waals surface area contributed by atoms with Crippen LogP contribution in [-0.4, -0.2) is 22.0 Å². The molecule has 0 aliphatic rings. The standard InChI is InChI=1S/C21H21N5O2/c1-14-5-3-6-16(11-14)13-22-20-10-9-19(25-26-20)21(28)24-18-8-4-7-17(12-18)23-15(2)27/h3-12H,13H2,1-2H3,(H,22,26)(H,23,27)(H,24,28). The summed E-state index contributed by atoms with van der Waals surface area (Å²) in [7, 11) is 0. The van der Waals surface area contributed by atoms with E-state index in [-0.39, 0.29) is 17.5 Å². The predicted molar refractivity (Wildman–Crippen MR) is 109 cm³/mol. The van der Waals surface area contributed by atoms with Crippen molar-refractivity contribution in [1.82, 2.24) is 10.2 Å². The van der Waals surface area contributed by atoms with Gasteiger partial charge in [-0.2, -0.15) is 0 Å². The number of benzene rings is 2. The summed E-state index contributed by atoms with van der Waals surface area (Å²) < 4.78 is 0. The summed E-state index contributed by atoms with van der Waals surface area (Å²) >= 11 is 0. The first-order valence-electron chi connectivity index (χ1n) is 8.82. The molecule has 7 heteroatoms. The van der Waals surface area contributed by atoms with Crippen molar-refractivity contribution in [3.05, 3.63) is 77.5 Å². The van der Waals surface area contributed by atoms with Gasteiger partial charge in [-0.3, -0.25) is 9.59 Å². The minimum Gasteiger partial charge on any atom is -0.365 e. The molecule has 2 amide bonds. The van der Waals surface area contributed by atoms with Crippen LogP contribution in [0.15, 0.2) is 60.7 Å². The Morgan fingerprint density at radius 2 is 1.64 bits per heavy atom. The van der Waals surface area contributed by atoms with Crippen molar-refractivity contribution >= 4 is 29.0 Å². The summed E-state index contributed by atoms with van der Waals surface area (Å²) in [6.07, 6.45) is 0. The lowest BCUT2D eigenvalue weighted by Gasteiger charge is -2.08. The molecule has 0 bridgehead atoms. The molecule has 0 radical (unpaired) electrons. The van der Waals surface area contributed by atoms with Crippen molar-refractivity contribution in [2.75, 3.05) is 16.0 Å². The highest BCUT2D eigenvalue weighted by molar-refractivity contribution is 6.03. The van der Waals surface area contributed by atoms with Crippen LogP contribution in [0, 0.1) is 6.92 Å². The Morgan fingerprint density at radius 1 is 0.893 bits per heavy atom. The number of aromatic nitrogens is 2. The molecule has 0 unspecified atom stereocenters. The molecule has 1 aromatic heterocycles. The number of carbonyl (C=O) groups is 2. The maximum Gasteiger partial charge on any atom is 0.276 e. The van der Waals surface area contributed by atoms with Crippen LogP contribution in [-0.2, 0) is 11.3 Å². The number of aryl methyl sites for hydroxylation is 1. The van der Waals surface area contributed by atoms with Crippen LogP contribution in [0.5, 0.6) is 0 Å². The van der Waals surface area contributed by atoms with Gasteiger partial charge in [0.2, 0.25) is 5.91 Å². The molecule has 7 nitrogen and oxygen atoms in total. The zero-order chi connectivity index (χ0) is 19.9. The van der Waals surface area contributed by atoms with Gasteiger partial charge in [-0.15, -0.1) is 10.2 Å². The quantitative estimate of drug-likeness (QED) is 0.612. The summed E-state index contributed by atoms with van der Waals surface area (Å²) in [5, 5.41) is 16.6. The molecular weight excluding hydrogens is 354 g/mol. The second-order valence-corrected chi connectivity index (χ2v) is 6.36. The number of nitrogens with zero attached hydrogens (tertiary/aromatic N) is 2. The molecule has 0 saturated carbocycles. The van der Waals surface area contributed by atoms with Gasteiger partial charge in [0.25, 0.3) is 5.91 Å². The number of anilines is 3. The van der Waals surface area contributed by atoms with Crippen LogP contribution in [0.2, 0.25) is 0 Å². The van der Waals surface area contributed by atoms with Gasteiger partial charge in [-0.05, 0) is 42.8 Å². The molecule has 28 heavy (non-hydrogen) atoms. The summed E-state index contributed by atoms with van der Waals surface area (Å²) in [4.78, 5) is 23.5. The predicted octanol–water partition coefficient (Wildman–Crippen LogP) is 3.61. The highest BCUT2D eigenvalue weighted by Crippen LogP contribution is 2.16. The van der Waals surface area contributed by atoms with E-state index in [9.17, 15) is 9.59 Å². The molecule has 2 aromatic carbocycles. The zero-order valence-electron chi connectivity index (χ0n) is 15.7. The largest absolute Gasteiger partial charge is 0.365 e. The smallest absolute Gasteiger partial charge is 0.276 e. The van der Waals surface area contributed by atoms with E-state index in [1.165, 1.54) is 12.5 Å². The molecule has 1 heterocycles. The van der Waals surface area contributed by atoms with Crippen LogP contribution in [0.25, 0.3) is 0 Å². The lowest BCUT2D eigenvalue weighted by molar-refractivity contribution is -0.114. The van der Waals surface area contributed by atoms with Gasteiger partial charge in [-0.1, -0.05) is 35.9 Å². The van der Waals surface area contributed by atoms with Crippen molar-refractivity contribution in [3.63, 3.8) is 0 Å². The van der Waals surface area contributed by atoms with E-state index in [1.54, 1.807) is 36.4 Å². The summed E-state index contributed by atoms with van der Waals surface area (Å²) in [6.45, 7) is 4.09. The number of rotatable bonds is 6. The summed E-state index contributed by atoms with van der Waals surface area (Å²) in [5.74, 6) is 0.0338. The Kier molecular flexibility index (Phi) is 5.96. The van der Waals surface area contributed by atoms with Gasteiger partial charge >= 0.3 is 0 Å². The number of carbonyl (C=O) groups excluding carboxylic acids is 2. The van der Waals surface area contributed by atoms with E-state index in [4.69, 9.17) is 0 Å². The van der Waals surface area contributed by atoms with Crippen molar-refractivity contribution in [1.29, 1.82) is 0 Å². The van der Waals surface area contributed by atoms with E-state index in [0.717, 1.165) is 5.56 Å². The molecule has 0 aliphatic heterocycles. The average molecular weight is 375 g/mol. The Bertz CT molecular complexity index is 986. The Balaban J connectivity index is 1.60. The van der Waals surface area contributed by atoms with Crippen LogP contribution in [0.3, 0.4) is 0 Å². The van der Waals surface area contributed by atoms with Crippen LogP contribution < -0.4 is 16.0 Å². The van der Waals surface area contributed by atoms with Crippen molar-refractivity contribution in [3.8, 4) is 0 Å². The van der Waals surface area contributed by atoms with Crippen molar-refractivity contribution in [2.24, 2.45) is 0 Å². The van der Waals surface area contributed by atoms with Gasteiger partial charge < -0.3 is 16.0 Å². The van der Waals surface area contributed by atoms with Gasteiger partial charge in [0.05, 0.1) is 0 Å². The average Bonchev–Trinajstić information content (AvgIpc) is 2.66. The van der Waals surface area contributed by atoms with Gasteiger partial charge in [-0.25, -0.2) is 0 Å². The van der Waals surface area contributed by atoms with Gasteiger partial charge in [0, 0.05) is 24.8 Å².